The number of hydrogen-bond donors (Lipinski definition) is 1. The minimum absolute atomic E-state index is 0.0292. The van der Waals surface area contributed by atoms with E-state index in [0.717, 1.165) is 17.1 Å². The van der Waals surface area contributed by atoms with E-state index in [9.17, 15) is 9.18 Å². The van der Waals surface area contributed by atoms with Crippen molar-refractivity contribution in [3.63, 3.8) is 0 Å². The van der Waals surface area contributed by atoms with Gasteiger partial charge in [-0.05, 0) is 102 Å². The Bertz CT molecular complexity index is 1740. The number of aromatic nitrogens is 1. The summed E-state index contributed by atoms with van der Waals surface area (Å²) in [7, 11) is 1.50. The zero-order chi connectivity index (χ0) is 30.3. The summed E-state index contributed by atoms with van der Waals surface area (Å²) in [4.78, 5) is 12.6. The molecule has 0 aliphatic carbocycles. The minimum atomic E-state index is -0.514. The normalized spacial score (nSPS) is 11.1. The number of amides is 1. The number of aryl methyl sites for hydroxylation is 2. The van der Waals surface area contributed by atoms with Crippen molar-refractivity contribution in [3.8, 4) is 22.9 Å². The molecule has 43 heavy (non-hydrogen) atoms. The molecule has 220 valence electrons. The van der Waals surface area contributed by atoms with Crippen molar-refractivity contribution in [2.75, 3.05) is 7.11 Å². The van der Waals surface area contributed by atoms with Gasteiger partial charge in [0, 0.05) is 22.6 Å². The molecule has 8 nitrogen and oxygen atoms in total. The Balaban J connectivity index is 1.15. The molecule has 2 heterocycles. The number of nitrogens with one attached hydrogen (secondary N) is 1. The predicted octanol–water partition coefficient (Wildman–Crippen LogP) is 7.52. The Morgan fingerprint density at radius 1 is 0.977 bits per heavy atom. The zero-order valence-electron chi connectivity index (χ0n) is 23.8. The largest absolute Gasteiger partial charge is 0.493 e. The minimum Gasteiger partial charge on any atom is -0.493 e. The number of carbonyl (C=O) groups excluding carboxylic acids is 1. The van der Waals surface area contributed by atoms with Crippen LogP contribution in [0.15, 0.2) is 98.9 Å². The van der Waals surface area contributed by atoms with E-state index in [0.29, 0.717) is 38.6 Å². The third-order valence-corrected chi connectivity index (χ3v) is 7.18. The fourth-order valence-electron chi connectivity index (χ4n) is 4.44. The molecule has 0 fully saturated rings. The first-order chi connectivity index (χ1) is 20.8. The Labute approximate surface area is 256 Å². The molecule has 0 spiro atoms. The van der Waals surface area contributed by atoms with Crippen LogP contribution in [0.1, 0.15) is 38.8 Å². The average Bonchev–Trinajstić information content (AvgIpc) is 3.62. The molecule has 0 radical (unpaired) electrons. The van der Waals surface area contributed by atoms with E-state index < -0.39 is 5.91 Å². The molecule has 0 bridgehead atoms. The SMILES string of the molecule is COc1cc(/C=N/NC(=O)c2ccc(COc3ccc(-n4c(C)ccc4C)cc3)o2)cc(Br)c1OCc1ccccc1F. The summed E-state index contributed by atoms with van der Waals surface area (Å²) in [5.74, 6) is 1.24. The molecule has 10 heteroatoms. The van der Waals surface area contributed by atoms with E-state index in [4.69, 9.17) is 18.6 Å². The van der Waals surface area contributed by atoms with Crippen molar-refractivity contribution in [2.45, 2.75) is 27.1 Å². The van der Waals surface area contributed by atoms with Crippen molar-refractivity contribution < 1.29 is 27.8 Å². The lowest BCUT2D eigenvalue weighted by atomic mass is 10.2. The van der Waals surface area contributed by atoms with Crippen molar-refractivity contribution in [2.24, 2.45) is 5.10 Å². The maximum absolute atomic E-state index is 14.0. The topological polar surface area (TPSA) is 87.2 Å². The molecule has 3 aromatic carbocycles. The van der Waals surface area contributed by atoms with Crippen molar-refractivity contribution >= 4 is 28.1 Å². The highest BCUT2D eigenvalue weighted by atomic mass is 79.9. The van der Waals surface area contributed by atoms with Gasteiger partial charge < -0.3 is 23.2 Å². The Kier molecular flexibility index (Phi) is 9.26. The van der Waals surface area contributed by atoms with Crippen LogP contribution in [0.3, 0.4) is 0 Å². The molecule has 2 aromatic heterocycles. The molecule has 0 atom stereocenters. The van der Waals surface area contributed by atoms with Gasteiger partial charge in [-0.15, -0.1) is 0 Å². The lowest BCUT2D eigenvalue weighted by molar-refractivity contribution is 0.0923. The van der Waals surface area contributed by atoms with Gasteiger partial charge in [-0.3, -0.25) is 4.79 Å². The second-order valence-corrected chi connectivity index (χ2v) is 10.5. The third kappa shape index (κ3) is 7.15. The lowest BCUT2D eigenvalue weighted by Gasteiger charge is -2.14. The smallest absolute Gasteiger partial charge is 0.307 e. The van der Waals surface area contributed by atoms with Gasteiger partial charge in [0.15, 0.2) is 17.3 Å². The molecule has 1 amide bonds. The highest BCUT2D eigenvalue weighted by Gasteiger charge is 2.14. The Morgan fingerprint density at radius 2 is 1.72 bits per heavy atom. The number of methoxy groups -OCH3 is 1. The number of carbonyl (C=O) groups is 1. The van der Waals surface area contributed by atoms with Crippen LogP contribution in [0.5, 0.6) is 17.2 Å². The molecule has 0 unspecified atom stereocenters. The molecule has 0 saturated carbocycles. The fraction of sp³-hybridized carbons (Fsp3) is 0.152. The number of hydrogen-bond acceptors (Lipinski definition) is 6. The summed E-state index contributed by atoms with van der Waals surface area (Å²) in [6.45, 7) is 4.32. The van der Waals surface area contributed by atoms with Gasteiger partial charge in [0.2, 0.25) is 0 Å². The van der Waals surface area contributed by atoms with Crippen molar-refractivity contribution in [1.29, 1.82) is 0 Å². The first kappa shape index (κ1) is 29.7. The number of nitrogens with zero attached hydrogens (tertiary/aromatic N) is 2. The van der Waals surface area contributed by atoms with Gasteiger partial charge >= 0.3 is 5.91 Å². The summed E-state index contributed by atoms with van der Waals surface area (Å²) < 4.78 is 39.4. The average molecular weight is 647 g/mol. The van der Waals surface area contributed by atoms with E-state index in [2.05, 4.69) is 57.0 Å². The van der Waals surface area contributed by atoms with E-state index >= 15 is 0 Å². The van der Waals surface area contributed by atoms with Crippen LogP contribution in [0.25, 0.3) is 5.69 Å². The van der Waals surface area contributed by atoms with Crippen LogP contribution in [-0.2, 0) is 13.2 Å². The summed E-state index contributed by atoms with van der Waals surface area (Å²) in [6, 6.07) is 25.0. The second kappa shape index (κ2) is 13.4. The monoisotopic (exact) mass is 645 g/mol. The molecule has 0 aliphatic heterocycles. The lowest BCUT2D eigenvalue weighted by Crippen LogP contribution is -2.16. The Morgan fingerprint density at radius 3 is 2.44 bits per heavy atom. The number of ether oxygens (including phenoxy) is 3. The summed E-state index contributed by atoms with van der Waals surface area (Å²) in [5.41, 5.74) is 6.87. The van der Waals surface area contributed by atoms with E-state index in [-0.39, 0.29) is 24.8 Å². The van der Waals surface area contributed by atoms with Gasteiger partial charge in [0.1, 0.15) is 30.5 Å². The standard InChI is InChI=1S/C33H29BrFN3O5/c1-21-8-9-22(2)38(21)25-10-12-26(13-11-25)41-20-27-14-15-30(43-27)33(39)37-36-18-23-16-28(34)32(31(17-23)40-3)42-19-24-6-4-5-7-29(24)35/h4-18H,19-20H2,1-3H3,(H,37,39)/b36-18+. The molecular formula is C33H29BrFN3O5. The first-order valence-corrected chi connectivity index (χ1v) is 14.2. The highest BCUT2D eigenvalue weighted by Crippen LogP contribution is 2.37. The van der Waals surface area contributed by atoms with E-state index in [1.165, 1.54) is 19.4 Å². The van der Waals surface area contributed by atoms with E-state index in [1.54, 1.807) is 42.5 Å². The molecule has 0 aliphatic rings. The Hall–Kier alpha value is -4.83. The van der Waals surface area contributed by atoms with Gasteiger partial charge in [0.25, 0.3) is 0 Å². The molecular weight excluding hydrogens is 617 g/mol. The first-order valence-electron chi connectivity index (χ1n) is 13.4. The molecule has 0 saturated heterocycles. The third-order valence-electron chi connectivity index (χ3n) is 6.59. The zero-order valence-corrected chi connectivity index (χ0v) is 25.4. The number of furan rings is 1. The maximum atomic E-state index is 14.0. The summed E-state index contributed by atoms with van der Waals surface area (Å²) >= 11 is 3.47. The van der Waals surface area contributed by atoms with Gasteiger partial charge in [0.05, 0.1) is 17.8 Å². The quantitative estimate of drug-likeness (QED) is 0.119. The van der Waals surface area contributed by atoms with Gasteiger partial charge in [-0.2, -0.15) is 5.10 Å². The molecule has 5 aromatic rings. The van der Waals surface area contributed by atoms with Gasteiger partial charge in [-0.25, -0.2) is 9.82 Å². The van der Waals surface area contributed by atoms with Crippen LogP contribution < -0.4 is 19.6 Å². The van der Waals surface area contributed by atoms with Crippen molar-refractivity contribution in [1.82, 2.24) is 9.99 Å². The summed E-state index contributed by atoms with van der Waals surface area (Å²) in [6.07, 6.45) is 1.46. The predicted molar refractivity (Wildman–Crippen MR) is 165 cm³/mol. The fourth-order valence-corrected chi connectivity index (χ4v) is 5.01. The highest BCUT2D eigenvalue weighted by molar-refractivity contribution is 9.10. The van der Waals surface area contributed by atoms with Crippen LogP contribution in [0.2, 0.25) is 0 Å². The van der Waals surface area contributed by atoms with Gasteiger partial charge in [-0.1, -0.05) is 18.2 Å². The van der Waals surface area contributed by atoms with Crippen LogP contribution >= 0.6 is 15.9 Å². The number of halogens is 2. The maximum Gasteiger partial charge on any atom is 0.307 e. The second-order valence-electron chi connectivity index (χ2n) is 9.61. The van der Waals surface area contributed by atoms with Crippen LogP contribution in [0, 0.1) is 19.7 Å². The molecule has 5 rings (SSSR count). The van der Waals surface area contributed by atoms with E-state index in [1.807, 2.05) is 24.3 Å². The van der Waals surface area contributed by atoms with Crippen LogP contribution in [0.4, 0.5) is 4.39 Å². The number of benzene rings is 3. The van der Waals surface area contributed by atoms with Crippen molar-refractivity contribution in [3.05, 3.63) is 129 Å². The summed E-state index contributed by atoms with van der Waals surface area (Å²) in [5, 5.41) is 4.03. The number of hydrazone groups is 1. The number of rotatable bonds is 11. The molecule has 1 N–H and O–H groups in total. The van der Waals surface area contributed by atoms with Crippen LogP contribution in [-0.4, -0.2) is 23.8 Å².